The van der Waals surface area contributed by atoms with Crippen LogP contribution in [-0.4, -0.2) is 22.8 Å². The lowest BCUT2D eigenvalue weighted by molar-refractivity contribution is 0.102. The number of hydrogen-bond acceptors (Lipinski definition) is 4. The van der Waals surface area contributed by atoms with Gasteiger partial charge in [-0.25, -0.2) is 8.78 Å². The monoisotopic (exact) mass is 485 g/mol. The van der Waals surface area contributed by atoms with E-state index in [9.17, 15) is 18.4 Å². The first kappa shape index (κ1) is 20.7. The normalized spacial score (nSPS) is 10.8. The van der Waals surface area contributed by atoms with Crippen LogP contribution in [0, 0.1) is 11.6 Å². The first-order valence-corrected chi connectivity index (χ1v) is 9.80. The van der Waals surface area contributed by atoms with Gasteiger partial charge in [0.2, 0.25) is 0 Å². The largest absolute Gasteiger partial charge is 0.497 e. The third-order valence-electron chi connectivity index (χ3n) is 4.56. The second-order valence-electron chi connectivity index (χ2n) is 6.51. The fourth-order valence-corrected chi connectivity index (χ4v) is 3.62. The number of carbonyl (C=O) groups excluding carboxylic acids is 1. The molecule has 0 saturated carbocycles. The van der Waals surface area contributed by atoms with Crippen molar-refractivity contribution in [3.63, 3.8) is 0 Å². The maximum absolute atomic E-state index is 14.2. The van der Waals surface area contributed by atoms with Crippen LogP contribution in [0.1, 0.15) is 10.5 Å². The lowest BCUT2D eigenvalue weighted by Gasteiger charge is -2.13. The van der Waals surface area contributed by atoms with Crippen molar-refractivity contribution in [1.29, 1.82) is 0 Å². The van der Waals surface area contributed by atoms with Gasteiger partial charge in [0.05, 0.1) is 23.9 Å². The minimum absolute atomic E-state index is 0.0313. The number of methoxy groups -OCH3 is 1. The van der Waals surface area contributed by atoms with Crippen LogP contribution in [0.3, 0.4) is 0 Å². The van der Waals surface area contributed by atoms with Crippen molar-refractivity contribution in [3.8, 4) is 11.4 Å². The summed E-state index contributed by atoms with van der Waals surface area (Å²) in [4.78, 5) is 26.1. The Morgan fingerprint density at radius 3 is 2.52 bits per heavy atom. The molecule has 4 rings (SSSR count). The van der Waals surface area contributed by atoms with E-state index in [1.165, 1.54) is 7.11 Å². The highest BCUT2D eigenvalue weighted by Crippen LogP contribution is 2.28. The maximum atomic E-state index is 14.2. The van der Waals surface area contributed by atoms with Crippen molar-refractivity contribution in [2.45, 2.75) is 0 Å². The Hall–Kier alpha value is -3.59. The van der Waals surface area contributed by atoms with E-state index in [0.29, 0.717) is 22.9 Å². The fraction of sp³-hybridized carbons (Fsp3) is 0.0455. The summed E-state index contributed by atoms with van der Waals surface area (Å²) in [5.74, 6) is -2.01. The predicted molar refractivity (Wildman–Crippen MR) is 116 cm³/mol. The summed E-state index contributed by atoms with van der Waals surface area (Å²) in [7, 11) is 1.49. The molecule has 9 heteroatoms. The lowest BCUT2D eigenvalue weighted by Crippen LogP contribution is -2.26. The molecule has 1 heterocycles. The number of fused-ring (bicyclic) bond motifs is 1. The number of aromatic nitrogens is 2. The molecule has 1 N–H and O–H groups in total. The Morgan fingerprint density at radius 1 is 1.06 bits per heavy atom. The third kappa shape index (κ3) is 3.91. The molecule has 0 aliphatic heterocycles. The van der Waals surface area contributed by atoms with Crippen LogP contribution in [0.25, 0.3) is 16.5 Å². The van der Waals surface area contributed by atoms with Crippen LogP contribution >= 0.6 is 15.9 Å². The molecule has 0 radical (unpaired) electrons. The molecule has 4 aromatic rings. The molecule has 31 heavy (non-hydrogen) atoms. The Balaban J connectivity index is 1.89. The number of carbonyl (C=O) groups is 1. The van der Waals surface area contributed by atoms with Gasteiger partial charge in [-0.2, -0.15) is 9.78 Å². The molecule has 1 aromatic heterocycles. The average Bonchev–Trinajstić information content (AvgIpc) is 2.76. The van der Waals surface area contributed by atoms with Gasteiger partial charge in [-0.15, -0.1) is 0 Å². The topological polar surface area (TPSA) is 73.2 Å². The van der Waals surface area contributed by atoms with Gasteiger partial charge >= 0.3 is 0 Å². The maximum Gasteiger partial charge on any atom is 0.279 e. The van der Waals surface area contributed by atoms with E-state index in [0.717, 1.165) is 10.7 Å². The zero-order valence-corrected chi connectivity index (χ0v) is 17.6. The Labute approximate surface area is 183 Å². The molecular formula is C22H14BrF2N3O3. The van der Waals surface area contributed by atoms with E-state index < -0.39 is 23.1 Å². The molecule has 0 atom stereocenters. The zero-order valence-electron chi connectivity index (χ0n) is 16.0. The highest BCUT2D eigenvalue weighted by molar-refractivity contribution is 9.10. The Kier molecular flexibility index (Phi) is 5.51. The number of rotatable bonds is 4. The Bertz CT molecular complexity index is 1370. The predicted octanol–water partition coefficient (Wildman–Crippen LogP) is 4.69. The average molecular weight is 486 g/mol. The van der Waals surface area contributed by atoms with Gasteiger partial charge in [0.25, 0.3) is 11.5 Å². The van der Waals surface area contributed by atoms with Gasteiger partial charge in [0.1, 0.15) is 11.6 Å². The smallest absolute Gasteiger partial charge is 0.279 e. The summed E-state index contributed by atoms with van der Waals surface area (Å²) in [5, 5.41) is 7.20. The second-order valence-corrected chi connectivity index (χ2v) is 7.37. The second kappa shape index (κ2) is 8.27. The minimum atomic E-state index is -0.953. The SMILES string of the molecule is COc1cccc(-n2nc(C(=O)Nc3c(F)cc(F)cc3Br)c3ccccc3c2=O)c1. The quantitative estimate of drug-likeness (QED) is 0.455. The van der Waals surface area contributed by atoms with Gasteiger partial charge in [0.15, 0.2) is 11.5 Å². The molecule has 0 bridgehead atoms. The molecule has 0 spiro atoms. The molecule has 0 aliphatic rings. The summed E-state index contributed by atoms with van der Waals surface area (Å²) < 4.78 is 33.9. The molecule has 6 nitrogen and oxygen atoms in total. The number of anilines is 1. The summed E-state index contributed by atoms with van der Waals surface area (Å²) in [6.07, 6.45) is 0. The molecule has 156 valence electrons. The molecule has 0 saturated heterocycles. The van der Waals surface area contributed by atoms with E-state index in [4.69, 9.17) is 4.74 Å². The molecular weight excluding hydrogens is 472 g/mol. The summed E-state index contributed by atoms with van der Waals surface area (Å²) in [5.41, 5.74) is -0.391. The first-order valence-electron chi connectivity index (χ1n) is 9.01. The van der Waals surface area contributed by atoms with Gasteiger partial charge in [-0.1, -0.05) is 24.3 Å². The van der Waals surface area contributed by atoms with Crippen LogP contribution in [0.2, 0.25) is 0 Å². The number of benzene rings is 3. The van der Waals surface area contributed by atoms with E-state index in [1.54, 1.807) is 48.5 Å². The number of hydrogen-bond donors (Lipinski definition) is 1. The highest BCUT2D eigenvalue weighted by atomic mass is 79.9. The van der Waals surface area contributed by atoms with Crippen LogP contribution < -0.4 is 15.6 Å². The van der Waals surface area contributed by atoms with E-state index >= 15 is 0 Å². The van der Waals surface area contributed by atoms with E-state index in [1.807, 2.05) is 0 Å². The summed E-state index contributed by atoms with van der Waals surface area (Å²) >= 11 is 3.04. The van der Waals surface area contributed by atoms with E-state index in [-0.39, 0.29) is 21.2 Å². The van der Waals surface area contributed by atoms with Crippen LogP contribution in [-0.2, 0) is 0 Å². The van der Waals surface area contributed by atoms with Gasteiger partial charge in [-0.05, 0) is 40.2 Å². The zero-order chi connectivity index (χ0) is 22.1. The number of nitrogens with one attached hydrogen (secondary N) is 1. The summed E-state index contributed by atoms with van der Waals surface area (Å²) in [6, 6.07) is 14.8. The molecule has 3 aromatic carbocycles. The number of ether oxygens (including phenoxy) is 1. The molecule has 0 unspecified atom stereocenters. The van der Waals surface area contributed by atoms with Crippen molar-refractivity contribution >= 4 is 38.3 Å². The third-order valence-corrected chi connectivity index (χ3v) is 5.19. The van der Waals surface area contributed by atoms with Crippen molar-refractivity contribution in [1.82, 2.24) is 9.78 Å². The number of nitrogens with zero attached hydrogens (tertiary/aromatic N) is 2. The van der Waals surface area contributed by atoms with Gasteiger partial charge in [-0.3, -0.25) is 9.59 Å². The Morgan fingerprint density at radius 2 is 1.81 bits per heavy atom. The fourth-order valence-electron chi connectivity index (χ4n) is 3.11. The van der Waals surface area contributed by atoms with Crippen LogP contribution in [0.4, 0.5) is 14.5 Å². The standard InChI is InChI=1S/C22H14BrF2N3O3/c1-31-14-6-4-5-13(11-14)28-22(30)16-8-3-2-7-15(16)19(27-28)21(29)26-20-17(23)9-12(24)10-18(20)25/h2-11H,1H3,(H,26,29). The summed E-state index contributed by atoms with van der Waals surface area (Å²) in [6.45, 7) is 0. The van der Waals surface area contributed by atoms with Gasteiger partial charge < -0.3 is 10.1 Å². The molecule has 1 amide bonds. The van der Waals surface area contributed by atoms with Crippen molar-refractivity contribution in [2.24, 2.45) is 0 Å². The van der Waals surface area contributed by atoms with Crippen LogP contribution in [0.15, 0.2) is 69.9 Å². The van der Waals surface area contributed by atoms with E-state index in [2.05, 4.69) is 26.3 Å². The molecule has 0 fully saturated rings. The van der Waals surface area contributed by atoms with Crippen molar-refractivity contribution < 1.29 is 18.3 Å². The lowest BCUT2D eigenvalue weighted by atomic mass is 10.1. The number of amides is 1. The van der Waals surface area contributed by atoms with Crippen LogP contribution in [0.5, 0.6) is 5.75 Å². The van der Waals surface area contributed by atoms with Gasteiger partial charge in [0, 0.05) is 22.0 Å². The highest BCUT2D eigenvalue weighted by Gasteiger charge is 2.20. The van der Waals surface area contributed by atoms with Crippen molar-refractivity contribution in [2.75, 3.05) is 12.4 Å². The number of halogens is 3. The van der Waals surface area contributed by atoms with Crippen molar-refractivity contribution in [3.05, 3.63) is 92.8 Å². The first-order chi connectivity index (χ1) is 14.9. The molecule has 0 aliphatic carbocycles. The minimum Gasteiger partial charge on any atom is -0.497 e.